The van der Waals surface area contributed by atoms with Gasteiger partial charge in [-0.05, 0) is 55.9 Å². The Morgan fingerprint density at radius 2 is 1.67 bits per heavy atom. The Morgan fingerprint density at radius 3 is 2.20 bits per heavy atom. The molecular formula is C38H66N4O7. The number of nitrogens with one attached hydrogen (secondary N) is 2. The molecule has 1 aliphatic carbocycles. The second-order valence-electron chi connectivity index (χ2n) is 14.9. The number of amides is 4. The van der Waals surface area contributed by atoms with Crippen LogP contribution in [-0.4, -0.2) is 109 Å². The topological polar surface area (TPSA) is 138 Å². The van der Waals surface area contributed by atoms with Crippen molar-refractivity contribution in [1.82, 2.24) is 20.4 Å². The van der Waals surface area contributed by atoms with E-state index in [2.05, 4.69) is 10.6 Å². The highest BCUT2D eigenvalue weighted by molar-refractivity contribution is 5.88. The summed E-state index contributed by atoms with van der Waals surface area (Å²) in [5.74, 6) is -1.27. The van der Waals surface area contributed by atoms with Crippen molar-refractivity contribution in [3.63, 3.8) is 0 Å². The predicted octanol–water partition coefficient (Wildman–Crippen LogP) is 4.24. The van der Waals surface area contributed by atoms with Crippen LogP contribution in [0.3, 0.4) is 0 Å². The molecule has 1 heterocycles. The smallest absolute Gasteiger partial charge is 0.245 e. The van der Waals surface area contributed by atoms with E-state index >= 15 is 0 Å². The molecular weight excluding hydrogens is 624 g/mol. The normalized spacial score (nSPS) is 21.3. The summed E-state index contributed by atoms with van der Waals surface area (Å²) in [6.45, 7) is 16.0. The lowest BCUT2D eigenvalue weighted by atomic mass is 9.89. The van der Waals surface area contributed by atoms with E-state index in [1.165, 1.54) is 0 Å². The average Bonchev–Trinajstić information content (AvgIpc) is 3.55. The van der Waals surface area contributed by atoms with Crippen molar-refractivity contribution in [2.45, 2.75) is 143 Å². The second-order valence-corrected chi connectivity index (χ2v) is 14.9. The molecule has 2 aliphatic rings. The number of methoxy groups -OCH3 is 2. The maximum absolute atomic E-state index is 14.1. The van der Waals surface area contributed by atoms with E-state index in [0.29, 0.717) is 19.4 Å². The molecule has 8 unspecified atom stereocenters. The van der Waals surface area contributed by atoms with Crippen molar-refractivity contribution in [3.05, 3.63) is 23.8 Å². The van der Waals surface area contributed by atoms with Crippen LogP contribution in [-0.2, 0) is 28.7 Å². The van der Waals surface area contributed by atoms with Crippen LogP contribution < -0.4 is 10.6 Å². The third kappa shape index (κ3) is 11.6. The first-order chi connectivity index (χ1) is 23.1. The largest absolute Gasteiger partial charge is 0.386 e. The van der Waals surface area contributed by atoms with Crippen LogP contribution in [0.4, 0.5) is 0 Å². The SMILES string of the molecule is CCC(C)C(C(CC(=O)N1CCCC1C(OC)C(C)C(=O)NC(C)C(O)C1=CCCC=C1)OC)N(C)C(=O)[C@@H](NC(=O)CC(C)C)C(C)C. The second kappa shape index (κ2) is 20.2. The minimum absolute atomic E-state index is 0.00731. The quantitative estimate of drug-likeness (QED) is 0.185. The van der Waals surface area contributed by atoms with Crippen LogP contribution in [0.1, 0.15) is 100 Å². The van der Waals surface area contributed by atoms with Crippen LogP contribution >= 0.6 is 0 Å². The van der Waals surface area contributed by atoms with E-state index < -0.39 is 42.4 Å². The summed E-state index contributed by atoms with van der Waals surface area (Å²) in [6.07, 6.45) is 8.36. The van der Waals surface area contributed by atoms with E-state index in [4.69, 9.17) is 9.47 Å². The molecule has 3 N–H and O–H groups in total. The number of carbonyl (C=O) groups is 4. The van der Waals surface area contributed by atoms with Crippen molar-refractivity contribution in [1.29, 1.82) is 0 Å². The van der Waals surface area contributed by atoms with Gasteiger partial charge in [-0.2, -0.15) is 0 Å². The van der Waals surface area contributed by atoms with Crippen LogP contribution in [0.15, 0.2) is 23.8 Å². The lowest BCUT2D eigenvalue weighted by Gasteiger charge is -2.41. The monoisotopic (exact) mass is 690 g/mol. The number of ether oxygens (including phenoxy) is 2. The van der Waals surface area contributed by atoms with Gasteiger partial charge in [0.1, 0.15) is 6.04 Å². The molecule has 280 valence electrons. The number of aliphatic hydroxyl groups excluding tert-OH is 1. The van der Waals surface area contributed by atoms with Gasteiger partial charge in [-0.1, -0.05) is 73.1 Å². The van der Waals surface area contributed by atoms with E-state index in [0.717, 1.165) is 31.3 Å². The molecule has 1 aliphatic heterocycles. The number of aliphatic hydroxyl groups is 1. The zero-order valence-corrected chi connectivity index (χ0v) is 32.0. The molecule has 11 nitrogen and oxygen atoms in total. The summed E-state index contributed by atoms with van der Waals surface area (Å²) < 4.78 is 11.9. The number of hydrogen-bond donors (Lipinski definition) is 3. The zero-order chi connectivity index (χ0) is 37.0. The van der Waals surface area contributed by atoms with Crippen LogP contribution in [0.25, 0.3) is 0 Å². The Hall–Kier alpha value is -2.76. The maximum Gasteiger partial charge on any atom is 0.245 e. The van der Waals surface area contributed by atoms with Crippen molar-refractivity contribution >= 4 is 23.6 Å². The van der Waals surface area contributed by atoms with Gasteiger partial charge >= 0.3 is 0 Å². The summed E-state index contributed by atoms with van der Waals surface area (Å²) in [5, 5.41) is 16.7. The molecule has 0 bridgehead atoms. The highest BCUT2D eigenvalue weighted by atomic mass is 16.5. The minimum atomic E-state index is -0.820. The molecule has 11 heteroatoms. The minimum Gasteiger partial charge on any atom is -0.386 e. The molecule has 2 rings (SSSR count). The molecule has 0 aromatic rings. The Bertz CT molecular complexity index is 1150. The number of hydrogen-bond acceptors (Lipinski definition) is 7. The van der Waals surface area contributed by atoms with Gasteiger partial charge in [0.25, 0.3) is 0 Å². The Labute approximate surface area is 295 Å². The third-order valence-corrected chi connectivity index (χ3v) is 10.3. The third-order valence-electron chi connectivity index (χ3n) is 10.3. The number of likely N-dealkylation sites (N-methyl/N-ethyl adjacent to an activating group) is 1. The fourth-order valence-corrected chi connectivity index (χ4v) is 7.22. The Kier molecular flexibility index (Phi) is 17.5. The van der Waals surface area contributed by atoms with Crippen molar-refractivity contribution in [2.75, 3.05) is 27.8 Å². The number of carbonyl (C=O) groups excluding carboxylic acids is 4. The zero-order valence-electron chi connectivity index (χ0n) is 32.0. The van der Waals surface area contributed by atoms with Crippen molar-refractivity contribution < 1.29 is 33.8 Å². The van der Waals surface area contributed by atoms with Gasteiger partial charge in [0.15, 0.2) is 0 Å². The van der Waals surface area contributed by atoms with E-state index in [1.54, 1.807) is 44.9 Å². The summed E-state index contributed by atoms with van der Waals surface area (Å²) >= 11 is 0. The lowest BCUT2D eigenvalue weighted by molar-refractivity contribution is -0.147. The first-order valence-electron chi connectivity index (χ1n) is 18.3. The fourth-order valence-electron chi connectivity index (χ4n) is 7.22. The van der Waals surface area contributed by atoms with Crippen molar-refractivity contribution in [2.24, 2.45) is 23.7 Å². The van der Waals surface area contributed by atoms with Crippen LogP contribution in [0.5, 0.6) is 0 Å². The van der Waals surface area contributed by atoms with Crippen LogP contribution in [0.2, 0.25) is 0 Å². The predicted molar refractivity (Wildman–Crippen MR) is 192 cm³/mol. The highest BCUT2D eigenvalue weighted by Gasteiger charge is 2.43. The molecule has 0 saturated carbocycles. The van der Waals surface area contributed by atoms with Gasteiger partial charge in [0.05, 0.1) is 48.8 Å². The number of likely N-dealkylation sites (tertiary alicyclic amines) is 1. The molecule has 49 heavy (non-hydrogen) atoms. The van der Waals surface area contributed by atoms with Crippen molar-refractivity contribution in [3.8, 4) is 0 Å². The Balaban J connectivity index is 2.21. The Morgan fingerprint density at radius 1 is 1.00 bits per heavy atom. The summed E-state index contributed by atoms with van der Waals surface area (Å²) in [4.78, 5) is 57.6. The molecule has 0 aromatic heterocycles. The fraction of sp³-hybridized carbons (Fsp3) is 0.789. The first-order valence-corrected chi connectivity index (χ1v) is 18.3. The molecule has 1 saturated heterocycles. The van der Waals surface area contributed by atoms with Gasteiger partial charge in [0.2, 0.25) is 23.6 Å². The van der Waals surface area contributed by atoms with Gasteiger partial charge in [-0.25, -0.2) is 0 Å². The molecule has 4 amide bonds. The lowest BCUT2D eigenvalue weighted by Crippen LogP contribution is -2.58. The van der Waals surface area contributed by atoms with Gasteiger partial charge in [-0.15, -0.1) is 0 Å². The highest BCUT2D eigenvalue weighted by Crippen LogP contribution is 2.30. The summed E-state index contributed by atoms with van der Waals surface area (Å²) in [6, 6.07) is -1.93. The number of allylic oxidation sites excluding steroid dienone is 2. The van der Waals surface area contributed by atoms with Gasteiger partial charge in [-0.3, -0.25) is 19.2 Å². The summed E-state index contributed by atoms with van der Waals surface area (Å²) in [5.41, 5.74) is 0.800. The molecule has 9 atom stereocenters. The molecule has 1 fully saturated rings. The van der Waals surface area contributed by atoms with Crippen LogP contribution in [0, 0.1) is 23.7 Å². The van der Waals surface area contributed by atoms with E-state index in [-0.39, 0.29) is 53.8 Å². The molecule has 0 radical (unpaired) electrons. The van der Waals surface area contributed by atoms with Gasteiger partial charge < -0.3 is 35.0 Å². The van der Waals surface area contributed by atoms with E-state index in [9.17, 15) is 24.3 Å². The maximum atomic E-state index is 14.1. The number of nitrogens with zero attached hydrogens (tertiary/aromatic N) is 2. The standard InChI is InChI=1S/C38H66N4O7/c1-12-25(6)34(41(9)38(47)33(24(4)5)40-31(43)21-23(2)3)30(48-10)22-32(44)42-20-16-19-29(42)36(49-11)26(7)37(46)39-27(8)35(45)28-17-14-13-15-18-28/h14,17-18,23-27,29-30,33-36,45H,12-13,15-16,19-22H2,1-11H3,(H,39,46)(H,40,43)/t25?,26?,27?,29?,30?,33-,34?,35?,36?/m0/s1. The average molecular weight is 691 g/mol. The van der Waals surface area contributed by atoms with E-state index in [1.807, 2.05) is 59.8 Å². The summed E-state index contributed by atoms with van der Waals surface area (Å²) in [7, 11) is 4.86. The molecule has 0 spiro atoms. The number of rotatable bonds is 19. The first kappa shape index (κ1) is 42.4. The molecule has 0 aromatic carbocycles. The van der Waals surface area contributed by atoms with Gasteiger partial charge in [0, 0.05) is 34.2 Å².